The van der Waals surface area contributed by atoms with Crippen LogP contribution in [0.3, 0.4) is 0 Å². The molecule has 1 aromatic carbocycles. The highest BCUT2D eigenvalue weighted by molar-refractivity contribution is 5.51. The summed E-state index contributed by atoms with van der Waals surface area (Å²) in [5.74, 6) is 3.88. The smallest absolute Gasteiger partial charge is 0.241 e. The molecule has 1 aliphatic rings. The van der Waals surface area contributed by atoms with Crippen LogP contribution in [0.15, 0.2) is 53.3 Å². The number of benzene rings is 1. The first-order valence-electron chi connectivity index (χ1n) is 8.33. The van der Waals surface area contributed by atoms with E-state index < -0.39 is 0 Å². The van der Waals surface area contributed by atoms with Gasteiger partial charge in [0, 0.05) is 24.0 Å². The molecule has 0 radical (unpaired) electrons. The first-order valence-corrected chi connectivity index (χ1v) is 8.33. The molecule has 0 fully saturated rings. The summed E-state index contributed by atoms with van der Waals surface area (Å²) in [6.07, 6.45) is 11.2. The predicted molar refractivity (Wildman–Crippen MR) is 94.3 cm³/mol. The van der Waals surface area contributed by atoms with Crippen molar-refractivity contribution in [1.29, 1.82) is 0 Å². The zero-order chi connectivity index (χ0) is 17.1. The van der Waals surface area contributed by atoms with Crippen molar-refractivity contribution in [2.24, 2.45) is 0 Å². The van der Waals surface area contributed by atoms with Gasteiger partial charge in [0.05, 0.1) is 13.1 Å². The van der Waals surface area contributed by atoms with E-state index in [0.29, 0.717) is 30.8 Å². The third-order valence-corrected chi connectivity index (χ3v) is 4.56. The van der Waals surface area contributed by atoms with Crippen molar-refractivity contribution in [2.75, 3.05) is 6.54 Å². The van der Waals surface area contributed by atoms with E-state index in [2.05, 4.69) is 50.2 Å². The first-order chi connectivity index (χ1) is 12.3. The normalized spacial score (nSPS) is 15.9. The van der Waals surface area contributed by atoms with Gasteiger partial charge in [-0.1, -0.05) is 35.3 Å². The lowest BCUT2D eigenvalue weighted by Crippen LogP contribution is -2.27. The highest BCUT2D eigenvalue weighted by Crippen LogP contribution is 2.36. The lowest BCUT2D eigenvalue weighted by molar-refractivity contribution is 0.185. The van der Waals surface area contributed by atoms with E-state index in [4.69, 9.17) is 10.9 Å². The SMILES string of the molecule is C#CCN(Cc1nc(-c2cccnc2)no1)C1CCc2ccccc21. The Bertz CT molecular complexity index is 897. The summed E-state index contributed by atoms with van der Waals surface area (Å²) in [6, 6.07) is 12.6. The van der Waals surface area contributed by atoms with Crippen LogP contribution in [0.4, 0.5) is 0 Å². The van der Waals surface area contributed by atoms with E-state index in [1.54, 1.807) is 12.4 Å². The molecule has 124 valence electrons. The number of hydrogen-bond donors (Lipinski definition) is 0. The summed E-state index contributed by atoms with van der Waals surface area (Å²) in [7, 11) is 0. The molecule has 25 heavy (non-hydrogen) atoms. The minimum absolute atomic E-state index is 0.293. The van der Waals surface area contributed by atoms with Gasteiger partial charge in [-0.15, -0.1) is 6.42 Å². The Kier molecular flexibility index (Phi) is 4.28. The number of pyridine rings is 1. The molecular weight excluding hydrogens is 312 g/mol. The minimum Gasteiger partial charge on any atom is -0.338 e. The van der Waals surface area contributed by atoms with Crippen molar-refractivity contribution in [2.45, 2.75) is 25.4 Å². The Morgan fingerprint density at radius 2 is 2.16 bits per heavy atom. The number of hydrogen-bond acceptors (Lipinski definition) is 5. The number of nitrogens with zero attached hydrogens (tertiary/aromatic N) is 4. The van der Waals surface area contributed by atoms with Gasteiger partial charge < -0.3 is 4.52 Å². The lowest BCUT2D eigenvalue weighted by atomic mass is 10.1. The number of rotatable bonds is 5. The molecule has 1 aliphatic carbocycles. The third-order valence-electron chi connectivity index (χ3n) is 4.56. The molecule has 5 heteroatoms. The van der Waals surface area contributed by atoms with Gasteiger partial charge in [0.2, 0.25) is 11.7 Å². The first kappa shape index (κ1) is 15.6. The van der Waals surface area contributed by atoms with Crippen LogP contribution in [0.5, 0.6) is 0 Å². The molecule has 0 amide bonds. The van der Waals surface area contributed by atoms with Crippen LogP contribution in [0, 0.1) is 12.3 Å². The second-order valence-electron chi connectivity index (χ2n) is 6.12. The lowest BCUT2D eigenvalue weighted by Gasteiger charge is -2.26. The zero-order valence-electron chi connectivity index (χ0n) is 13.8. The van der Waals surface area contributed by atoms with Crippen LogP contribution in [-0.2, 0) is 13.0 Å². The summed E-state index contributed by atoms with van der Waals surface area (Å²) in [5, 5.41) is 4.07. The molecule has 4 rings (SSSR count). The molecule has 0 spiro atoms. The molecule has 2 aromatic heterocycles. The summed E-state index contributed by atoms with van der Waals surface area (Å²) < 4.78 is 5.44. The quantitative estimate of drug-likeness (QED) is 0.672. The van der Waals surface area contributed by atoms with E-state index in [1.807, 2.05) is 12.1 Å². The van der Waals surface area contributed by atoms with Crippen molar-refractivity contribution in [3.05, 3.63) is 65.8 Å². The molecule has 0 N–H and O–H groups in total. The third kappa shape index (κ3) is 3.17. The molecule has 1 atom stereocenters. The average molecular weight is 330 g/mol. The molecule has 0 bridgehead atoms. The topological polar surface area (TPSA) is 55.1 Å². The van der Waals surface area contributed by atoms with Crippen LogP contribution in [-0.4, -0.2) is 26.6 Å². The van der Waals surface area contributed by atoms with E-state index in [-0.39, 0.29) is 0 Å². The molecule has 2 heterocycles. The average Bonchev–Trinajstić information content (AvgIpc) is 3.29. The maximum Gasteiger partial charge on any atom is 0.241 e. The van der Waals surface area contributed by atoms with Gasteiger partial charge in [-0.25, -0.2) is 0 Å². The van der Waals surface area contributed by atoms with Gasteiger partial charge in [-0.2, -0.15) is 4.98 Å². The van der Waals surface area contributed by atoms with Crippen molar-refractivity contribution in [3.8, 4) is 23.7 Å². The second kappa shape index (κ2) is 6.88. The van der Waals surface area contributed by atoms with E-state index >= 15 is 0 Å². The fourth-order valence-corrected chi connectivity index (χ4v) is 3.41. The van der Waals surface area contributed by atoms with Gasteiger partial charge in [-0.05, 0) is 36.1 Å². The Morgan fingerprint density at radius 3 is 3.00 bits per heavy atom. The molecule has 0 saturated carbocycles. The fraction of sp³-hybridized carbons (Fsp3) is 0.250. The van der Waals surface area contributed by atoms with Crippen molar-refractivity contribution in [3.63, 3.8) is 0 Å². The highest BCUT2D eigenvalue weighted by atomic mass is 16.5. The summed E-state index contributed by atoms with van der Waals surface area (Å²) >= 11 is 0. The summed E-state index contributed by atoms with van der Waals surface area (Å²) in [4.78, 5) is 10.8. The molecule has 0 aliphatic heterocycles. The Balaban J connectivity index is 1.56. The van der Waals surface area contributed by atoms with Gasteiger partial charge in [0.1, 0.15) is 0 Å². The molecular formula is C20H18N4O. The fourth-order valence-electron chi connectivity index (χ4n) is 3.41. The van der Waals surface area contributed by atoms with Crippen molar-refractivity contribution >= 4 is 0 Å². The van der Waals surface area contributed by atoms with Crippen LogP contribution in [0.2, 0.25) is 0 Å². The summed E-state index contributed by atoms with van der Waals surface area (Å²) in [5.41, 5.74) is 3.59. The Labute approximate surface area is 146 Å². The van der Waals surface area contributed by atoms with Crippen molar-refractivity contribution < 1.29 is 4.52 Å². The minimum atomic E-state index is 0.293. The van der Waals surface area contributed by atoms with Crippen LogP contribution >= 0.6 is 0 Å². The zero-order valence-corrected chi connectivity index (χ0v) is 13.8. The van der Waals surface area contributed by atoms with Gasteiger partial charge in [-0.3, -0.25) is 9.88 Å². The van der Waals surface area contributed by atoms with Crippen molar-refractivity contribution in [1.82, 2.24) is 20.0 Å². The standard InChI is InChI=1S/C20H18N4O/c1-2-12-24(18-10-9-15-6-3-4-8-17(15)18)14-19-22-20(23-25-19)16-7-5-11-21-13-16/h1,3-8,11,13,18H,9-10,12,14H2. The van der Waals surface area contributed by atoms with Crippen LogP contribution in [0.1, 0.15) is 29.5 Å². The number of terminal acetylenes is 1. The Morgan fingerprint density at radius 1 is 1.24 bits per heavy atom. The number of aryl methyl sites for hydroxylation is 1. The Hall–Kier alpha value is -2.97. The van der Waals surface area contributed by atoms with Gasteiger partial charge >= 0.3 is 0 Å². The van der Waals surface area contributed by atoms with Gasteiger partial charge in [0.15, 0.2) is 0 Å². The highest BCUT2D eigenvalue weighted by Gasteiger charge is 2.28. The number of aromatic nitrogens is 3. The van der Waals surface area contributed by atoms with E-state index in [1.165, 1.54) is 11.1 Å². The maximum absolute atomic E-state index is 5.60. The second-order valence-corrected chi connectivity index (χ2v) is 6.12. The molecule has 1 unspecified atom stereocenters. The van der Waals surface area contributed by atoms with Gasteiger partial charge in [0.25, 0.3) is 0 Å². The predicted octanol–water partition coefficient (Wildman–Crippen LogP) is 3.25. The van der Waals surface area contributed by atoms with E-state index in [9.17, 15) is 0 Å². The summed E-state index contributed by atoms with van der Waals surface area (Å²) in [6.45, 7) is 1.08. The molecule has 5 nitrogen and oxygen atoms in total. The number of fused-ring (bicyclic) bond motifs is 1. The largest absolute Gasteiger partial charge is 0.338 e. The molecule has 3 aromatic rings. The molecule has 0 saturated heterocycles. The van der Waals surface area contributed by atoms with Crippen LogP contribution < -0.4 is 0 Å². The van der Waals surface area contributed by atoms with Crippen LogP contribution in [0.25, 0.3) is 11.4 Å². The maximum atomic E-state index is 5.60. The monoisotopic (exact) mass is 330 g/mol. The van der Waals surface area contributed by atoms with E-state index in [0.717, 1.165) is 18.4 Å².